The Balaban J connectivity index is 2.49. The Morgan fingerprint density at radius 2 is 2.14 bits per heavy atom. The van der Waals surface area contributed by atoms with E-state index in [-0.39, 0.29) is 0 Å². The first-order chi connectivity index (χ1) is 6.66. The second kappa shape index (κ2) is 5.51. The van der Waals surface area contributed by atoms with Crippen LogP contribution < -0.4 is 5.32 Å². The number of rotatable bonds is 5. The summed E-state index contributed by atoms with van der Waals surface area (Å²) < 4.78 is 3.14. The molecule has 0 amide bonds. The van der Waals surface area contributed by atoms with Crippen LogP contribution in [0.25, 0.3) is 0 Å². The number of aryl methyl sites for hydroxylation is 2. The monoisotopic (exact) mass is 259 g/mol. The molecule has 1 aromatic heterocycles. The SMILES string of the molecule is CNCCCCc1c(Br)c(C)nn1C. The second-order valence-electron chi connectivity index (χ2n) is 3.53. The Labute approximate surface area is 94.0 Å². The number of hydrogen-bond donors (Lipinski definition) is 1. The van der Waals surface area contributed by atoms with E-state index in [0.717, 1.165) is 18.7 Å². The molecule has 1 rings (SSSR count). The van der Waals surface area contributed by atoms with Crippen molar-refractivity contribution in [1.29, 1.82) is 0 Å². The van der Waals surface area contributed by atoms with Gasteiger partial charge in [-0.1, -0.05) is 0 Å². The van der Waals surface area contributed by atoms with E-state index < -0.39 is 0 Å². The quantitative estimate of drug-likeness (QED) is 0.821. The van der Waals surface area contributed by atoms with Gasteiger partial charge in [0, 0.05) is 7.05 Å². The summed E-state index contributed by atoms with van der Waals surface area (Å²) in [7, 11) is 4.00. The number of nitrogens with zero attached hydrogens (tertiary/aromatic N) is 2. The fourth-order valence-corrected chi connectivity index (χ4v) is 2.08. The zero-order chi connectivity index (χ0) is 10.6. The highest BCUT2D eigenvalue weighted by atomic mass is 79.9. The molecule has 0 atom stereocenters. The van der Waals surface area contributed by atoms with Crippen LogP contribution in [-0.4, -0.2) is 23.4 Å². The average Bonchev–Trinajstić information content (AvgIpc) is 2.38. The van der Waals surface area contributed by atoms with Crippen LogP contribution in [0.4, 0.5) is 0 Å². The first kappa shape index (κ1) is 11.7. The first-order valence-corrected chi connectivity index (χ1v) is 5.78. The maximum Gasteiger partial charge on any atom is 0.0738 e. The summed E-state index contributed by atoms with van der Waals surface area (Å²) in [5.41, 5.74) is 2.38. The van der Waals surface area contributed by atoms with E-state index in [9.17, 15) is 0 Å². The van der Waals surface area contributed by atoms with E-state index in [1.54, 1.807) is 0 Å². The maximum atomic E-state index is 4.36. The lowest BCUT2D eigenvalue weighted by Gasteiger charge is -2.02. The Bertz CT molecular complexity index is 294. The fraction of sp³-hybridized carbons (Fsp3) is 0.700. The highest BCUT2D eigenvalue weighted by Gasteiger charge is 2.09. The molecule has 3 nitrogen and oxygen atoms in total. The molecule has 0 aliphatic rings. The molecule has 80 valence electrons. The molecule has 4 heteroatoms. The number of aromatic nitrogens is 2. The molecule has 0 aliphatic heterocycles. The lowest BCUT2D eigenvalue weighted by molar-refractivity contribution is 0.635. The topological polar surface area (TPSA) is 29.9 Å². The van der Waals surface area contributed by atoms with Gasteiger partial charge >= 0.3 is 0 Å². The van der Waals surface area contributed by atoms with Crippen molar-refractivity contribution in [3.05, 3.63) is 15.9 Å². The molecule has 0 saturated carbocycles. The largest absolute Gasteiger partial charge is 0.320 e. The van der Waals surface area contributed by atoms with Crippen molar-refractivity contribution in [3.8, 4) is 0 Å². The van der Waals surface area contributed by atoms with Gasteiger partial charge in [0.15, 0.2) is 0 Å². The van der Waals surface area contributed by atoms with E-state index in [0.29, 0.717) is 0 Å². The molecule has 14 heavy (non-hydrogen) atoms. The molecule has 0 unspecified atom stereocenters. The summed E-state index contributed by atoms with van der Waals surface area (Å²) in [5.74, 6) is 0. The molecule has 0 radical (unpaired) electrons. The Kier molecular flexibility index (Phi) is 4.62. The van der Waals surface area contributed by atoms with Crippen molar-refractivity contribution >= 4 is 15.9 Å². The Morgan fingerprint density at radius 1 is 1.43 bits per heavy atom. The van der Waals surface area contributed by atoms with Crippen molar-refractivity contribution in [3.63, 3.8) is 0 Å². The molecule has 0 aliphatic carbocycles. The highest BCUT2D eigenvalue weighted by molar-refractivity contribution is 9.10. The van der Waals surface area contributed by atoms with Gasteiger partial charge in [0.2, 0.25) is 0 Å². The normalized spacial score (nSPS) is 10.9. The maximum absolute atomic E-state index is 4.36. The van der Waals surface area contributed by atoms with Gasteiger partial charge in [-0.3, -0.25) is 4.68 Å². The number of unbranched alkanes of at least 4 members (excludes halogenated alkanes) is 1. The van der Waals surface area contributed by atoms with Crippen molar-refractivity contribution in [2.24, 2.45) is 7.05 Å². The van der Waals surface area contributed by atoms with Crippen LogP contribution in [-0.2, 0) is 13.5 Å². The van der Waals surface area contributed by atoms with Crippen LogP contribution in [0.5, 0.6) is 0 Å². The van der Waals surface area contributed by atoms with Crippen LogP contribution in [0.15, 0.2) is 4.47 Å². The molecule has 0 spiro atoms. The Morgan fingerprint density at radius 3 is 2.64 bits per heavy atom. The minimum absolute atomic E-state index is 1.08. The van der Waals surface area contributed by atoms with E-state index >= 15 is 0 Å². The molecule has 0 saturated heterocycles. The average molecular weight is 260 g/mol. The minimum atomic E-state index is 1.08. The minimum Gasteiger partial charge on any atom is -0.320 e. The molecule has 1 aromatic rings. The predicted molar refractivity (Wildman–Crippen MR) is 62.5 cm³/mol. The molecule has 1 N–H and O–H groups in total. The van der Waals surface area contributed by atoms with Gasteiger partial charge in [0.25, 0.3) is 0 Å². The summed E-state index contributed by atoms with van der Waals surface area (Å²) in [6, 6.07) is 0. The third-order valence-electron chi connectivity index (χ3n) is 2.35. The molecule has 0 fully saturated rings. The third kappa shape index (κ3) is 2.82. The third-order valence-corrected chi connectivity index (χ3v) is 3.38. The van der Waals surface area contributed by atoms with Crippen LogP contribution >= 0.6 is 15.9 Å². The van der Waals surface area contributed by atoms with Crippen molar-refractivity contribution in [2.45, 2.75) is 26.2 Å². The van der Waals surface area contributed by atoms with Gasteiger partial charge in [0.05, 0.1) is 15.9 Å². The van der Waals surface area contributed by atoms with E-state index in [1.165, 1.54) is 23.0 Å². The van der Waals surface area contributed by atoms with Gasteiger partial charge in [0.1, 0.15) is 0 Å². The van der Waals surface area contributed by atoms with Gasteiger partial charge in [-0.2, -0.15) is 5.10 Å². The molecular formula is C10H18BrN3. The number of nitrogens with one attached hydrogen (secondary N) is 1. The van der Waals surface area contributed by atoms with Gasteiger partial charge in [-0.05, 0) is 55.7 Å². The smallest absolute Gasteiger partial charge is 0.0738 e. The van der Waals surface area contributed by atoms with Gasteiger partial charge in [-0.25, -0.2) is 0 Å². The van der Waals surface area contributed by atoms with Crippen molar-refractivity contribution in [1.82, 2.24) is 15.1 Å². The van der Waals surface area contributed by atoms with E-state index in [4.69, 9.17) is 0 Å². The molecule has 1 heterocycles. The number of halogens is 1. The standard InChI is InChI=1S/C10H18BrN3/c1-8-10(11)9(14(3)13-8)6-4-5-7-12-2/h12H,4-7H2,1-3H3. The Hall–Kier alpha value is -0.350. The highest BCUT2D eigenvalue weighted by Crippen LogP contribution is 2.21. The summed E-state index contributed by atoms with van der Waals surface area (Å²) in [5, 5.41) is 7.52. The van der Waals surface area contributed by atoms with Crippen molar-refractivity contribution in [2.75, 3.05) is 13.6 Å². The first-order valence-electron chi connectivity index (χ1n) is 4.99. The lowest BCUT2D eigenvalue weighted by atomic mass is 10.2. The van der Waals surface area contributed by atoms with Crippen LogP contribution in [0.1, 0.15) is 24.2 Å². The fourth-order valence-electron chi connectivity index (χ4n) is 1.55. The summed E-state index contributed by atoms with van der Waals surface area (Å²) in [6.45, 7) is 3.12. The zero-order valence-corrected chi connectivity index (χ0v) is 10.7. The summed E-state index contributed by atoms with van der Waals surface area (Å²) in [6.07, 6.45) is 3.52. The van der Waals surface area contributed by atoms with Crippen LogP contribution in [0.2, 0.25) is 0 Å². The molecule has 0 bridgehead atoms. The van der Waals surface area contributed by atoms with Crippen molar-refractivity contribution < 1.29 is 0 Å². The zero-order valence-electron chi connectivity index (χ0n) is 9.10. The molecule has 0 aromatic carbocycles. The predicted octanol–water partition coefficient (Wildman–Crippen LogP) is 2.03. The van der Waals surface area contributed by atoms with Crippen LogP contribution in [0, 0.1) is 6.92 Å². The summed E-state index contributed by atoms with van der Waals surface area (Å²) in [4.78, 5) is 0. The van der Waals surface area contributed by atoms with E-state index in [1.807, 2.05) is 25.7 Å². The van der Waals surface area contributed by atoms with Gasteiger partial charge < -0.3 is 5.32 Å². The second-order valence-corrected chi connectivity index (χ2v) is 4.32. The lowest BCUT2D eigenvalue weighted by Crippen LogP contribution is -2.08. The van der Waals surface area contributed by atoms with E-state index in [2.05, 4.69) is 26.3 Å². The van der Waals surface area contributed by atoms with Gasteiger partial charge in [-0.15, -0.1) is 0 Å². The summed E-state index contributed by atoms with van der Waals surface area (Å²) >= 11 is 3.57. The molecular weight excluding hydrogens is 242 g/mol. The number of hydrogen-bond acceptors (Lipinski definition) is 2. The van der Waals surface area contributed by atoms with Crippen LogP contribution in [0.3, 0.4) is 0 Å².